The molecule has 19 heavy (non-hydrogen) atoms. The van der Waals surface area contributed by atoms with Crippen LogP contribution in [0.5, 0.6) is 5.75 Å². The van der Waals surface area contributed by atoms with Crippen molar-refractivity contribution in [2.45, 2.75) is 43.9 Å². The van der Waals surface area contributed by atoms with Crippen LogP contribution in [0.25, 0.3) is 0 Å². The van der Waals surface area contributed by atoms with Crippen LogP contribution in [0.4, 0.5) is 0 Å². The molecule has 1 aromatic rings. The molecule has 4 heteroatoms. The van der Waals surface area contributed by atoms with E-state index in [-0.39, 0.29) is 18.1 Å². The molecular formula is C15H21NO2S. The summed E-state index contributed by atoms with van der Waals surface area (Å²) in [6, 6.07) is 7.32. The molecule has 0 aromatic heterocycles. The summed E-state index contributed by atoms with van der Waals surface area (Å²) < 4.78 is 0. The highest BCUT2D eigenvalue weighted by Gasteiger charge is 2.25. The third-order valence-electron chi connectivity index (χ3n) is 3.49. The predicted molar refractivity (Wildman–Crippen MR) is 79.5 cm³/mol. The molecule has 0 spiro atoms. The van der Waals surface area contributed by atoms with Crippen molar-refractivity contribution in [3.8, 4) is 5.75 Å². The minimum absolute atomic E-state index is 0.00801. The van der Waals surface area contributed by atoms with Gasteiger partial charge >= 0.3 is 0 Å². The Hall–Kier alpha value is -1.16. The van der Waals surface area contributed by atoms with E-state index in [1.54, 1.807) is 18.2 Å². The highest BCUT2D eigenvalue weighted by molar-refractivity contribution is 7.99. The number of thioether (sulfide) groups is 1. The lowest BCUT2D eigenvalue weighted by molar-refractivity contribution is -0.121. The molecule has 1 aromatic carbocycles. The van der Waals surface area contributed by atoms with Gasteiger partial charge in [0.05, 0.1) is 6.42 Å². The zero-order valence-electron chi connectivity index (χ0n) is 11.3. The summed E-state index contributed by atoms with van der Waals surface area (Å²) in [4.78, 5) is 12.0. The Bertz CT molecular complexity index is 436. The van der Waals surface area contributed by atoms with E-state index in [1.165, 1.54) is 6.42 Å². The molecule has 1 fully saturated rings. The molecule has 1 aliphatic carbocycles. The van der Waals surface area contributed by atoms with Crippen LogP contribution < -0.4 is 5.32 Å². The van der Waals surface area contributed by atoms with Gasteiger partial charge in [0.1, 0.15) is 5.75 Å². The van der Waals surface area contributed by atoms with Gasteiger partial charge < -0.3 is 10.4 Å². The van der Waals surface area contributed by atoms with E-state index in [9.17, 15) is 9.90 Å². The van der Waals surface area contributed by atoms with Crippen LogP contribution >= 0.6 is 11.8 Å². The maximum atomic E-state index is 12.0. The van der Waals surface area contributed by atoms with E-state index in [0.717, 1.165) is 18.6 Å². The molecule has 0 aliphatic heterocycles. The first kappa shape index (κ1) is 14.3. The summed E-state index contributed by atoms with van der Waals surface area (Å²) >= 11 is 1.98. The summed E-state index contributed by atoms with van der Waals surface area (Å²) in [5.41, 5.74) is 0.692. The number of aromatic hydroxyl groups is 1. The van der Waals surface area contributed by atoms with Gasteiger partial charge in [0, 0.05) is 16.9 Å². The van der Waals surface area contributed by atoms with E-state index >= 15 is 0 Å². The van der Waals surface area contributed by atoms with Gasteiger partial charge in [-0.15, -0.1) is 0 Å². The first-order valence-corrected chi connectivity index (χ1v) is 7.91. The number of hydrogen-bond donors (Lipinski definition) is 2. The van der Waals surface area contributed by atoms with Gasteiger partial charge in [-0.2, -0.15) is 11.8 Å². The van der Waals surface area contributed by atoms with E-state index < -0.39 is 0 Å². The van der Waals surface area contributed by atoms with Crippen LogP contribution in [0.2, 0.25) is 0 Å². The lowest BCUT2D eigenvalue weighted by Crippen LogP contribution is -2.34. The minimum Gasteiger partial charge on any atom is -0.508 e. The third kappa shape index (κ3) is 4.16. The predicted octanol–water partition coefficient (Wildman–Crippen LogP) is 2.73. The van der Waals surface area contributed by atoms with Crippen LogP contribution in [-0.2, 0) is 11.2 Å². The molecular weight excluding hydrogens is 258 g/mol. The first-order valence-electron chi connectivity index (χ1n) is 6.87. The molecule has 2 N–H and O–H groups in total. The number of amides is 1. The summed E-state index contributed by atoms with van der Waals surface area (Å²) in [5.74, 6) is 1.35. The molecule has 1 aliphatic rings. The molecule has 3 nitrogen and oxygen atoms in total. The number of nitrogens with one attached hydrogen (secondary N) is 1. The van der Waals surface area contributed by atoms with Crippen molar-refractivity contribution in [3.05, 3.63) is 29.8 Å². The number of phenols is 1. The van der Waals surface area contributed by atoms with Crippen LogP contribution in [0.15, 0.2) is 24.3 Å². The van der Waals surface area contributed by atoms with Gasteiger partial charge in [-0.05, 0) is 31.1 Å². The Morgan fingerprint density at radius 1 is 1.42 bits per heavy atom. The first-order chi connectivity index (χ1) is 9.19. The lowest BCUT2D eigenvalue weighted by atomic mass is 10.1. The van der Waals surface area contributed by atoms with Gasteiger partial charge in [-0.1, -0.05) is 25.1 Å². The van der Waals surface area contributed by atoms with Gasteiger partial charge in [0.15, 0.2) is 0 Å². The number of benzene rings is 1. The second kappa shape index (κ2) is 6.85. The molecule has 1 amide bonds. The Morgan fingerprint density at radius 3 is 2.95 bits per heavy atom. The Balaban J connectivity index is 1.81. The number of rotatable bonds is 5. The second-order valence-electron chi connectivity index (χ2n) is 4.96. The van der Waals surface area contributed by atoms with E-state index in [4.69, 9.17) is 0 Å². The molecule has 2 atom stereocenters. The van der Waals surface area contributed by atoms with Gasteiger partial charge in [0.2, 0.25) is 5.91 Å². The van der Waals surface area contributed by atoms with Crippen LogP contribution in [0, 0.1) is 0 Å². The molecule has 0 bridgehead atoms. The molecule has 0 unspecified atom stereocenters. The molecule has 0 radical (unpaired) electrons. The van der Waals surface area contributed by atoms with E-state index in [1.807, 2.05) is 17.8 Å². The van der Waals surface area contributed by atoms with E-state index in [2.05, 4.69) is 12.2 Å². The Labute approximate surface area is 118 Å². The van der Waals surface area contributed by atoms with Gasteiger partial charge in [-0.25, -0.2) is 0 Å². The number of carbonyl (C=O) groups is 1. The zero-order chi connectivity index (χ0) is 13.7. The standard InChI is InChI=1S/C15H21NO2S/c1-2-19-13-8-7-12(10-13)16-15(18)9-11-5-3-4-6-14(11)17/h3-6,12-13,17H,2,7-10H2,1H3,(H,16,18)/t12-,13+/m0/s1. The Kier molecular flexibility index (Phi) is 5.14. The average molecular weight is 279 g/mol. The fraction of sp³-hybridized carbons (Fsp3) is 0.533. The fourth-order valence-corrected chi connectivity index (χ4v) is 3.71. The number of phenolic OH excluding ortho intramolecular Hbond substituents is 1. The molecule has 1 saturated carbocycles. The summed E-state index contributed by atoms with van der Waals surface area (Å²) in [5, 5.41) is 13.4. The number of carbonyl (C=O) groups excluding carboxylic acids is 1. The zero-order valence-corrected chi connectivity index (χ0v) is 12.1. The average Bonchev–Trinajstić information content (AvgIpc) is 2.80. The quantitative estimate of drug-likeness (QED) is 0.871. The van der Waals surface area contributed by atoms with Crippen molar-refractivity contribution in [3.63, 3.8) is 0 Å². The van der Waals surface area contributed by atoms with Crippen molar-refractivity contribution in [1.29, 1.82) is 0 Å². The fourth-order valence-electron chi connectivity index (χ4n) is 2.57. The normalized spacial score (nSPS) is 22.4. The SMILES string of the molecule is CCS[C@@H]1CC[C@H](NC(=O)Cc2ccccc2O)C1. The third-order valence-corrected chi connectivity index (χ3v) is 4.73. The number of hydrogen-bond acceptors (Lipinski definition) is 3. The number of para-hydroxylation sites is 1. The summed E-state index contributed by atoms with van der Waals surface area (Å²) in [7, 11) is 0. The highest BCUT2D eigenvalue weighted by atomic mass is 32.2. The topological polar surface area (TPSA) is 49.3 Å². The van der Waals surface area contributed by atoms with Gasteiger partial charge in [0.25, 0.3) is 0 Å². The minimum atomic E-state index is 0.00801. The van der Waals surface area contributed by atoms with Crippen molar-refractivity contribution < 1.29 is 9.90 Å². The summed E-state index contributed by atoms with van der Waals surface area (Å²) in [6.45, 7) is 2.18. The molecule has 104 valence electrons. The lowest BCUT2D eigenvalue weighted by Gasteiger charge is -2.13. The smallest absolute Gasteiger partial charge is 0.224 e. The monoisotopic (exact) mass is 279 g/mol. The van der Waals surface area contributed by atoms with Crippen molar-refractivity contribution in [1.82, 2.24) is 5.32 Å². The van der Waals surface area contributed by atoms with Gasteiger partial charge in [-0.3, -0.25) is 4.79 Å². The Morgan fingerprint density at radius 2 is 2.21 bits per heavy atom. The molecule has 2 rings (SSSR count). The van der Waals surface area contributed by atoms with Crippen LogP contribution in [0.1, 0.15) is 31.7 Å². The molecule has 0 saturated heterocycles. The largest absolute Gasteiger partial charge is 0.508 e. The van der Waals surface area contributed by atoms with Crippen molar-refractivity contribution >= 4 is 17.7 Å². The second-order valence-corrected chi connectivity index (χ2v) is 6.54. The van der Waals surface area contributed by atoms with E-state index in [0.29, 0.717) is 16.9 Å². The van der Waals surface area contributed by atoms with Crippen molar-refractivity contribution in [2.75, 3.05) is 5.75 Å². The highest BCUT2D eigenvalue weighted by Crippen LogP contribution is 2.29. The van der Waals surface area contributed by atoms with Crippen LogP contribution in [0.3, 0.4) is 0 Å². The molecule has 0 heterocycles. The maximum Gasteiger partial charge on any atom is 0.224 e. The summed E-state index contributed by atoms with van der Waals surface area (Å²) in [6.07, 6.45) is 3.60. The van der Waals surface area contributed by atoms with Crippen molar-refractivity contribution in [2.24, 2.45) is 0 Å². The maximum absolute atomic E-state index is 12.0. The van der Waals surface area contributed by atoms with Crippen LogP contribution in [-0.4, -0.2) is 28.1 Å².